The van der Waals surface area contributed by atoms with Crippen LogP contribution in [0, 0.1) is 0 Å². The molecule has 2 rings (SSSR count). The maximum absolute atomic E-state index is 9.75. The number of hydrogen-bond acceptors (Lipinski definition) is 6. The third-order valence-corrected chi connectivity index (χ3v) is 4.82. The summed E-state index contributed by atoms with van der Waals surface area (Å²) in [5.74, 6) is 1.56. The van der Waals surface area contributed by atoms with Crippen molar-refractivity contribution < 1.29 is 5.11 Å². The van der Waals surface area contributed by atoms with Gasteiger partial charge < -0.3 is 15.3 Å². The molecule has 0 unspecified atom stereocenters. The maximum atomic E-state index is 9.75. The minimum atomic E-state index is -0.163. The van der Waals surface area contributed by atoms with Crippen LogP contribution in [0.4, 0.5) is 11.8 Å². The van der Waals surface area contributed by atoms with Gasteiger partial charge in [-0.1, -0.05) is 19.4 Å². The van der Waals surface area contributed by atoms with E-state index in [1.165, 1.54) is 0 Å². The Bertz CT molecular complexity index is 621. The summed E-state index contributed by atoms with van der Waals surface area (Å²) in [4.78, 5) is 15.9. The van der Waals surface area contributed by atoms with Gasteiger partial charge in [-0.05, 0) is 46.0 Å². The van der Waals surface area contributed by atoms with E-state index < -0.39 is 0 Å². The van der Waals surface area contributed by atoms with Gasteiger partial charge in [-0.3, -0.25) is 4.99 Å². The quantitative estimate of drug-likeness (QED) is 0.689. The Hall–Kier alpha value is -1.95. The molecular weight excluding hydrogens is 326 g/mol. The number of aliphatic hydroxyl groups is 1. The average Bonchev–Trinajstić information content (AvgIpc) is 2.66. The van der Waals surface area contributed by atoms with Gasteiger partial charge in [0.05, 0.1) is 17.4 Å². The molecule has 2 N–H and O–H groups in total. The van der Waals surface area contributed by atoms with Crippen LogP contribution in [0.3, 0.4) is 0 Å². The van der Waals surface area contributed by atoms with Crippen LogP contribution in [0.25, 0.3) is 5.70 Å². The predicted molar refractivity (Wildman–Crippen MR) is 110 cm³/mol. The predicted octanol–water partition coefficient (Wildman–Crippen LogP) is 3.88. The highest BCUT2D eigenvalue weighted by molar-refractivity contribution is 5.78. The molecule has 1 aromatic rings. The standard InChI is InChI=1S/C20H33N5O/c1-5-8-13-25(4)20-22-14-17(18(6-2)21-7-3)19(24-20)23-15-9-11-16(26)12-10-15/h6-7,14-16,26H,5,8-13H2,1-4H3,(H,22,23,24)/b18-6-,21-7?. The summed E-state index contributed by atoms with van der Waals surface area (Å²) in [6, 6.07) is 0.324. The second-order valence-corrected chi connectivity index (χ2v) is 6.92. The first-order chi connectivity index (χ1) is 12.6. The topological polar surface area (TPSA) is 73.6 Å². The van der Waals surface area contributed by atoms with E-state index in [4.69, 9.17) is 4.98 Å². The molecule has 0 bridgehead atoms. The molecule has 0 aromatic carbocycles. The molecule has 1 aliphatic carbocycles. The number of rotatable bonds is 8. The Morgan fingerprint density at radius 1 is 1.35 bits per heavy atom. The first kappa shape index (κ1) is 20.4. The van der Waals surface area contributed by atoms with Crippen molar-refractivity contribution in [1.82, 2.24) is 9.97 Å². The van der Waals surface area contributed by atoms with Crippen LogP contribution in [-0.2, 0) is 0 Å². The molecule has 26 heavy (non-hydrogen) atoms. The number of hydrogen-bond donors (Lipinski definition) is 2. The summed E-state index contributed by atoms with van der Waals surface area (Å²) >= 11 is 0. The maximum Gasteiger partial charge on any atom is 0.227 e. The van der Waals surface area contributed by atoms with Gasteiger partial charge in [-0.2, -0.15) is 4.98 Å². The van der Waals surface area contributed by atoms with E-state index in [9.17, 15) is 5.11 Å². The number of aliphatic hydroxyl groups excluding tert-OH is 1. The van der Waals surface area contributed by atoms with Crippen molar-refractivity contribution >= 4 is 23.7 Å². The van der Waals surface area contributed by atoms with Crippen molar-refractivity contribution in [3.63, 3.8) is 0 Å². The molecule has 1 saturated carbocycles. The number of aromatic nitrogens is 2. The highest BCUT2D eigenvalue weighted by Gasteiger charge is 2.22. The van der Waals surface area contributed by atoms with Gasteiger partial charge in [0.25, 0.3) is 0 Å². The molecule has 0 saturated heterocycles. The number of aliphatic imine (C=N–C) groups is 1. The number of nitrogens with zero attached hydrogens (tertiary/aromatic N) is 4. The third kappa shape index (κ3) is 5.53. The Balaban J connectivity index is 2.28. The van der Waals surface area contributed by atoms with Gasteiger partial charge in [0.2, 0.25) is 5.95 Å². The molecule has 6 heteroatoms. The number of nitrogens with one attached hydrogen (secondary N) is 1. The molecule has 1 fully saturated rings. The molecule has 0 spiro atoms. The molecule has 1 aromatic heterocycles. The normalized spacial score (nSPS) is 21.2. The van der Waals surface area contributed by atoms with E-state index in [0.29, 0.717) is 6.04 Å². The van der Waals surface area contributed by atoms with Gasteiger partial charge in [0, 0.05) is 32.0 Å². The van der Waals surface area contributed by atoms with Gasteiger partial charge in [0.15, 0.2) is 0 Å². The fourth-order valence-corrected chi connectivity index (χ4v) is 3.20. The summed E-state index contributed by atoms with van der Waals surface area (Å²) in [7, 11) is 2.03. The second-order valence-electron chi connectivity index (χ2n) is 6.92. The smallest absolute Gasteiger partial charge is 0.227 e. The molecule has 0 amide bonds. The summed E-state index contributed by atoms with van der Waals surface area (Å²) in [5.41, 5.74) is 1.79. The van der Waals surface area contributed by atoms with Crippen molar-refractivity contribution in [1.29, 1.82) is 0 Å². The zero-order valence-corrected chi connectivity index (χ0v) is 16.6. The number of anilines is 2. The molecule has 1 aliphatic rings. The average molecular weight is 360 g/mol. The molecule has 0 atom stereocenters. The fraction of sp³-hybridized carbons (Fsp3) is 0.650. The van der Waals surface area contributed by atoms with Crippen molar-refractivity contribution in [3.05, 3.63) is 17.8 Å². The summed E-state index contributed by atoms with van der Waals surface area (Å²) in [6.45, 7) is 7.01. The summed E-state index contributed by atoms with van der Waals surface area (Å²) in [6.07, 6.45) is 11.3. The molecule has 6 nitrogen and oxygen atoms in total. The minimum absolute atomic E-state index is 0.163. The second kappa shape index (κ2) is 10.3. The largest absolute Gasteiger partial charge is 0.393 e. The van der Waals surface area contributed by atoms with Crippen LogP contribution in [-0.4, -0.2) is 47.0 Å². The zero-order chi connectivity index (χ0) is 18.9. The van der Waals surface area contributed by atoms with Gasteiger partial charge in [-0.15, -0.1) is 0 Å². The Labute approximate surface area is 157 Å². The molecule has 0 radical (unpaired) electrons. The highest BCUT2D eigenvalue weighted by Crippen LogP contribution is 2.28. The summed E-state index contributed by atoms with van der Waals surface area (Å²) in [5, 5.41) is 13.3. The van der Waals surface area contributed by atoms with Crippen LogP contribution in [0.5, 0.6) is 0 Å². The molecular formula is C20H33N5O. The van der Waals surface area contributed by atoms with Crippen LogP contribution in [0.2, 0.25) is 0 Å². The molecule has 144 valence electrons. The third-order valence-electron chi connectivity index (χ3n) is 4.82. The highest BCUT2D eigenvalue weighted by atomic mass is 16.3. The van der Waals surface area contributed by atoms with Gasteiger partial charge in [-0.25, -0.2) is 4.98 Å². The number of allylic oxidation sites excluding steroid dienone is 1. The Morgan fingerprint density at radius 2 is 2.08 bits per heavy atom. The van der Waals surface area contributed by atoms with Crippen molar-refractivity contribution in [2.45, 2.75) is 71.4 Å². The van der Waals surface area contributed by atoms with E-state index in [2.05, 4.69) is 27.1 Å². The number of unbranched alkanes of at least 4 members (excludes halogenated alkanes) is 1. The monoisotopic (exact) mass is 359 g/mol. The molecule has 1 heterocycles. The van der Waals surface area contributed by atoms with Crippen LogP contribution in [0.1, 0.15) is 64.9 Å². The van der Waals surface area contributed by atoms with Gasteiger partial charge >= 0.3 is 0 Å². The zero-order valence-electron chi connectivity index (χ0n) is 16.6. The van der Waals surface area contributed by atoms with E-state index in [0.717, 1.165) is 68.1 Å². The Morgan fingerprint density at radius 3 is 2.69 bits per heavy atom. The first-order valence-electron chi connectivity index (χ1n) is 9.77. The van der Waals surface area contributed by atoms with E-state index in [1.807, 2.05) is 33.2 Å². The van der Waals surface area contributed by atoms with Crippen LogP contribution < -0.4 is 10.2 Å². The summed E-state index contributed by atoms with van der Waals surface area (Å²) < 4.78 is 0. The van der Waals surface area contributed by atoms with E-state index in [-0.39, 0.29) is 6.10 Å². The SMILES string of the molecule is CC=N/C(=C\C)c1cnc(N(C)CCCC)nc1NC1CCC(O)CC1. The lowest BCUT2D eigenvalue weighted by molar-refractivity contribution is 0.126. The lowest BCUT2D eigenvalue weighted by atomic mass is 9.93. The van der Waals surface area contributed by atoms with Crippen molar-refractivity contribution in [2.24, 2.45) is 4.99 Å². The minimum Gasteiger partial charge on any atom is -0.393 e. The van der Waals surface area contributed by atoms with Crippen LogP contribution >= 0.6 is 0 Å². The van der Waals surface area contributed by atoms with Crippen molar-refractivity contribution in [3.8, 4) is 0 Å². The van der Waals surface area contributed by atoms with E-state index in [1.54, 1.807) is 6.21 Å². The van der Waals surface area contributed by atoms with Crippen molar-refractivity contribution in [2.75, 3.05) is 23.8 Å². The first-order valence-corrected chi connectivity index (χ1v) is 9.77. The van der Waals surface area contributed by atoms with Crippen LogP contribution in [0.15, 0.2) is 17.3 Å². The lowest BCUT2D eigenvalue weighted by Gasteiger charge is -2.28. The molecule has 0 aliphatic heterocycles. The lowest BCUT2D eigenvalue weighted by Crippen LogP contribution is -2.29. The van der Waals surface area contributed by atoms with E-state index >= 15 is 0 Å². The van der Waals surface area contributed by atoms with Gasteiger partial charge in [0.1, 0.15) is 5.82 Å². The fourth-order valence-electron chi connectivity index (χ4n) is 3.20. The Kier molecular flexibility index (Phi) is 8.04.